The minimum Gasteiger partial charge on any atom is -0.351 e. The van der Waals surface area contributed by atoms with Crippen molar-refractivity contribution in [2.75, 3.05) is 29.4 Å². The lowest BCUT2D eigenvalue weighted by Gasteiger charge is -2.27. The Kier molecular flexibility index (Phi) is 4.69. The van der Waals surface area contributed by atoms with Crippen LogP contribution in [-0.2, 0) is 16.1 Å². The second-order valence-corrected chi connectivity index (χ2v) is 6.19. The SMILES string of the molecule is O=CN1CCN(c2ccc(N3CC(Cn4ccnn4)OC3O)cc2F)C=N1. The van der Waals surface area contributed by atoms with E-state index in [9.17, 15) is 14.3 Å². The molecule has 2 aliphatic heterocycles. The van der Waals surface area contributed by atoms with Gasteiger partial charge in [-0.2, -0.15) is 5.10 Å². The molecule has 10 nitrogen and oxygen atoms in total. The molecule has 0 radical (unpaired) electrons. The van der Waals surface area contributed by atoms with Gasteiger partial charge in [-0.3, -0.25) is 4.79 Å². The van der Waals surface area contributed by atoms with Crippen LogP contribution in [0.25, 0.3) is 0 Å². The van der Waals surface area contributed by atoms with Crippen molar-refractivity contribution in [2.45, 2.75) is 19.1 Å². The van der Waals surface area contributed by atoms with E-state index < -0.39 is 12.2 Å². The predicted octanol–water partition coefficient (Wildman–Crippen LogP) is -0.180. The van der Waals surface area contributed by atoms with Crippen LogP contribution < -0.4 is 9.80 Å². The number of ether oxygens (including phenoxy) is 1. The van der Waals surface area contributed by atoms with Gasteiger partial charge in [0.15, 0.2) is 0 Å². The Morgan fingerprint density at radius 2 is 2.26 bits per heavy atom. The first kappa shape index (κ1) is 17.4. The number of rotatable bonds is 5. The maximum absolute atomic E-state index is 14.6. The smallest absolute Gasteiger partial charge is 0.238 e. The fraction of sp³-hybridized carbons (Fsp3) is 0.375. The molecular formula is C16H18FN7O3. The monoisotopic (exact) mass is 375 g/mol. The first-order chi connectivity index (χ1) is 13.1. The zero-order chi connectivity index (χ0) is 18.8. The predicted molar refractivity (Wildman–Crippen MR) is 93.3 cm³/mol. The number of hydrogen-bond acceptors (Lipinski definition) is 8. The highest BCUT2D eigenvalue weighted by Crippen LogP contribution is 2.29. The number of benzene rings is 1. The van der Waals surface area contributed by atoms with E-state index in [2.05, 4.69) is 15.4 Å². The molecule has 0 bridgehead atoms. The van der Waals surface area contributed by atoms with Gasteiger partial charge in [0.05, 0.1) is 37.6 Å². The molecule has 2 aromatic rings. The highest BCUT2D eigenvalue weighted by molar-refractivity contribution is 5.81. The number of carbonyl (C=O) groups excluding carboxylic acids is 1. The van der Waals surface area contributed by atoms with E-state index in [1.165, 1.54) is 17.4 Å². The summed E-state index contributed by atoms with van der Waals surface area (Å²) in [5, 5.41) is 22.9. The van der Waals surface area contributed by atoms with Crippen LogP contribution in [0.2, 0.25) is 0 Å². The number of amides is 1. The molecule has 27 heavy (non-hydrogen) atoms. The van der Waals surface area contributed by atoms with E-state index in [4.69, 9.17) is 4.74 Å². The van der Waals surface area contributed by atoms with Gasteiger partial charge in [-0.05, 0) is 18.2 Å². The zero-order valence-corrected chi connectivity index (χ0v) is 14.3. The van der Waals surface area contributed by atoms with Crippen molar-refractivity contribution in [2.24, 2.45) is 5.10 Å². The summed E-state index contributed by atoms with van der Waals surface area (Å²) in [5.41, 5.74) is 0.857. The van der Waals surface area contributed by atoms with Gasteiger partial charge in [-0.25, -0.2) is 14.1 Å². The molecule has 3 heterocycles. The van der Waals surface area contributed by atoms with E-state index in [1.54, 1.807) is 39.0 Å². The van der Waals surface area contributed by atoms with Crippen LogP contribution in [0.1, 0.15) is 0 Å². The van der Waals surface area contributed by atoms with Crippen molar-refractivity contribution < 1.29 is 19.0 Å². The lowest BCUT2D eigenvalue weighted by Crippen LogP contribution is -2.37. The van der Waals surface area contributed by atoms with Crippen LogP contribution in [0.5, 0.6) is 0 Å². The number of halogens is 1. The summed E-state index contributed by atoms with van der Waals surface area (Å²) in [6.07, 6.45) is 3.85. The molecule has 1 amide bonds. The van der Waals surface area contributed by atoms with Crippen molar-refractivity contribution in [1.29, 1.82) is 0 Å². The van der Waals surface area contributed by atoms with Gasteiger partial charge in [0, 0.05) is 18.4 Å². The minimum absolute atomic E-state index is 0.298. The maximum Gasteiger partial charge on any atom is 0.238 e. The summed E-state index contributed by atoms with van der Waals surface area (Å²) in [6, 6.07) is 4.67. The number of anilines is 2. The lowest BCUT2D eigenvalue weighted by molar-refractivity contribution is -0.118. The van der Waals surface area contributed by atoms with Crippen molar-refractivity contribution >= 4 is 24.1 Å². The Bertz CT molecular complexity index is 831. The third-order valence-corrected chi connectivity index (χ3v) is 4.45. The Hall–Kier alpha value is -3.05. The van der Waals surface area contributed by atoms with Gasteiger partial charge in [-0.15, -0.1) is 5.10 Å². The van der Waals surface area contributed by atoms with Crippen LogP contribution in [0.3, 0.4) is 0 Å². The van der Waals surface area contributed by atoms with Crippen LogP contribution in [0.4, 0.5) is 15.8 Å². The molecule has 1 aromatic carbocycles. The van der Waals surface area contributed by atoms with Gasteiger partial charge < -0.3 is 19.6 Å². The summed E-state index contributed by atoms with van der Waals surface area (Å²) in [4.78, 5) is 13.9. The molecule has 1 fully saturated rings. The van der Waals surface area contributed by atoms with Crippen molar-refractivity contribution in [3.63, 3.8) is 0 Å². The number of aliphatic hydroxyl groups is 1. The third kappa shape index (κ3) is 3.59. The van der Waals surface area contributed by atoms with Crippen LogP contribution in [-0.4, -0.2) is 70.0 Å². The molecule has 0 spiro atoms. The van der Waals surface area contributed by atoms with E-state index in [1.807, 2.05) is 0 Å². The fourth-order valence-corrected chi connectivity index (χ4v) is 3.09. The van der Waals surface area contributed by atoms with Crippen LogP contribution in [0.15, 0.2) is 35.7 Å². The number of nitrogens with zero attached hydrogens (tertiary/aromatic N) is 7. The van der Waals surface area contributed by atoms with E-state index in [0.717, 1.165) is 0 Å². The van der Waals surface area contributed by atoms with E-state index >= 15 is 0 Å². The average Bonchev–Trinajstić information content (AvgIpc) is 3.31. The van der Waals surface area contributed by atoms with Crippen molar-refractivity contribution in [3.8, 4) is 0 Å². The van der Waals surface area contributed by atoms with E-state index in [0.29, 0.717) is 44.0 Å². The van der Waals surface area contributed by atoms with Gasteiger partial charge in [0.25, 0.3) is 0 Å². The molecule has 4 rings (SSSR count). The Labute approximate surface area is 154 Å². The summed E-state index contributed by atoms with van der Waals surface area (Å²) >= 11 is 0. The molecule has 0 saturated carbocycles. The molecule has 0 aliphatic carbocycles. The van der Waals surface area contributed by atoms with Crippen LogP contribution >= 0.6 is 0 Å². The molecule has 1 aromatic heterocycles. The summed E-state index contributed by atoms with van der Waals surface area (Å²) in [7, 11) is 0. The number of hydrazone groups is 1. The normalized spacial score (nSPS) is 22.5. The minimum atomic E-state index is -1.17. The highest BCUT2D eigenvalue weighted by atomic mass is 19.1. The summed E-state index contributed by atoms with van der Waals surface area (Å²) in [5.74, 6) is -0.453. The zero-order valence-electron chi connectivity index (χ0n) is 14.3. The molecular weight excluding hydrogens is 357 g/mol. The molecule has 2 aliphatic rings. The van der Waals surface area contributed by atoms with Gasteiger partial charge in [-0.1, -0.05) is 5.21 Å². The Balaban J connectivity index is 1.46. The largest absolute Gasteiger partial charge is 0.351 e. The summed E-state index contributed by atoms with van der Waals surface area (Å²) < 4.78 is 21.8. The van der Waals surface area contributed by atoms with Gasteiger partial charge in [0.2, 0.25) is 12.8 Å². The molecule has 2 unspecified atom stereocenters. The quantitative estimate of drug-likeness (QED) is 0.724. The fourth-order valence-electron chi connectivity index (χ4n) is 3.09. The van der Waals surface area contributed by atoms with E-state index in [-0.39, 0.29) is 6.10 Å². The second-order valence-electron chi connectivity index (χ2n) is 6.19. The maximum atomic E-state index is 14.6. The Morgan fingerprint density at radius 3 is 2.93 bits per heavy atom. The molecule has 1 N–H and O–H groups in total. The number of carbonyl (C=O) groups is 1. The second kappa shape index (κ2) is 7.29. The van der Waals surface area contributed by atoms with Crippen LogP contribution in [0, 0.1) is 5.82 Å². The first-order valence-electron chi connectivity index (χ1n) is 8.40. The topological polar surface area (TPSA) is 99.3 Å². The average molecular weight is 375 g/mol. The summed E-state index contributed by atoms with van der Waals surface area (Å²) in [6.45, 7) is 1.64. The third-order valence-electron chi connectivity index (χ3n) is 4.45. The highest BCUT2D eigenvalue weighted by Gasteiger charge is 2.32. The van der Waals surface area contributed by atoms with Gasteiger partial charge in [0.1, 0.15) is 12.2 Å². The number of aliphatic hydroxyl groups excluding tert-OH is 1. The standard InChI is InChI=1S/C16H18FN7O3/c17-14-7-12(1-2-15(14)21-5-6-23(11-25)19-10-21)24-9-13(27-16(24)26)8-22-4-3-18-20-22/h1-4,7,10-11,13,16,26H,5-6,8-9H2. The molecule has 1 saturated heterocycles. The Morgan fingerprint density at radius 1 is 1.37 bits per heavy atom. The molecule has 11 heteroatoms. The molecule has 142 valence electrons. The number of aromatic nitrogens is 3. The lowest BCUT2D eigenvalue weighted by atomic mass is 10.2. The number of hydrogen-bond donors (Lipinski definition) is 1. The van der Waals surface area contributed by atoms with Gasteiger partial charge >= 0.3 is 0 Å². The first-order valence-corrected chi connectivity index (χ1v) is 8.40. The van der Waals surface area contributed by atoms with Crippen molar-refractivity contribution in [3.05, 3.63) is 36.4 Å². The van der Waals surface area contributed by atoms with Crippen molar-refractivity contribution in [1.82, 2.24) is 20.0 Å². The molecule has 2 atom stereocenters.